The molecule has 0 spiro atoms. The van der Waals surface area contributed by atoms with Gasteiger partial charge in [-0.2, -0.15) is 0 Å². The van der Waals surface area contributed by atoms with E-state index >= 15 is 0 Å². The number of pyridine rings is 1. The molecule has 86 valence electrons. The Labute approximate surface area is 92.1 Å². The molecule has 0 aliphatic rings. The summed E-state index contributed by atoms with van der Waals surface area (Å²) >= 11 is 0. The minimum absolute atomic E-state index is 0.0567. The molecule has 0 unspecified atom stereocenters. The van der Waals surface area contributed by atoms with Crippen molar-refractivity contribution >= 4 is 23.7 Å². The van der Waals surface area contributed by atoms with Crippen LogP contribution in [0.1, 0.15) is 13.8 Å². The van der Waals surface area contributed by atoms with E-state index in [1.807, 2.05) is 0 Å². The third-order valence-corrected chi connectivity index (χ3v) is 2.19. The fourth-order valence-electron chi connectivity index (χ4n) is 1.45. The number of anilines is 1. The minimum atomic E-state index is -0.652. The maximum atomic E-state index is 10.8. The zero-order chi connectivity index (χ0) is 12.3. The van der Waals surface area contributed by atoms with E-state index in [9.17, 15) is 15.2 Å². The van der Waals surface area contributed by atoms with Gasteiger partial charge < -0.3 is 10.4 Å². The molecule has 0 aliphatic carbocycles. The predicted molar refractivity (Wildman–Crippen MR) is 61.6 cm³/mol. The monoisotopic (exact) mass is 223 g/mol. The van der Waals surface area contributed by atoms with E-state index in [1.54, 1.807) is 26.0 Å². The van der Waals surface area contributed by atoms with E-state index in [2.05, 4.69) is 10.3 Å². The summed E-state index contributed by atoms with van der Waals surface area (Å²) in [6.07, 6.45) is 3.27. The van der Waals surface area contributed by atoms with E-state index in [4.69, 9.17) is 0 Å². The molecule has 0 bridgehead atoms. The lowest BCUT2D eigenvalue weighted by atomic mass is 10.2. The van der Waals surface area contributed by atoms with Crippen LogP contribution in [0.25, 0.3) is 12.2 Å². The second-order valence-electron chi connectivity index (χ2n) is 3.04. The molecule has 6 heteroatoms. The highest BCUT2D eigenvalue weighted by Gasteiger charge is 2.22. The summed E-state index contributed by atoms with van der Waals surface area (Å²) < 4.78 is 0. The third-order valence-electron chi connectivity index (χ3n) is 2.19. The fourth-order valence-corrected chi connectivity index (χ4v) is 1.45. The molecule has 1 aromatic heterocycles. The smallest absolute Gasteiger partial charge is 0.353 e. The molecule has 6 nitrogen and oxygen atoms in total. The first kappa shape index (κ1) is 12.0. The van der Waals surface area contributed by atoms with E-state index in [1.165, 1.54) is 7.05 Å². The molecule has 1 aromatic rings. The highest BCUT2D eigenvalue weighted by atomic mass is 16.6. The van der Waals surface area contributed by atoms with Gasteiger partial charge in [-0.15, -0.1) is 0 Å². The Morgan fingerprint density at radius 2 is 2.06 bits per heavy atom. The molecule has 16 heavy (non-hydrogen) atoms. The van der Waals surface area contributed by atoms with Gasteiger partial charge in [0.25, 0.3) is 0 Å². The maximum Gasteiger partial charge on any atom is 0.353 e. The highest BCUT2D eigenvalue weighted by Crippen LogP contribution is 2.27. The SMILES string of the molecule is C/C=c1/nc(NC)c([N+](=O)[O-])c(O)/c1=C/C. The van der Waals surface area contributed by atoms with Crippen molar-refractivity contribution in [3.05, 3.63) is 20.7 Å². The van der Waals surface area contributed by atoms with Gasteiger partial charge in [-0.3, -0.25) is 10.1 Å². The van der Waals surface area contributed by atoms with Crippen LogP contribution in [0.5, 0.6) is 5.75 Å². The number of nitro groups is 1. The van der Waals surface area contributed by atoms with Crippen LogP contribution >= 0.6 is 0 Å². The van der Waals surface area contributed by atoms with Crippen molar-refractivity contribution in [2.24, 2.45) is 0 Å². The van der Waals surface area contributed by atoms with Crippen LogP contribution in [-0.2, 0) is 0 Å². The molecule has 0 saturated heterocycles. The molecule has 2 N–H and O–H groups in total. The Balaban J connectivity index is 3.85. The van der Waals surface area contributed by atoms with Gasteiger partial charge in [0, 0.05) is 12.3 Å². The zero-order valence-corrected chi connectivity index (χ0v) is 9.31. The van der Waals surface area contributed by atoms with Gasteiger partial charge in [-0.05, 0) is 13.8 Å². The van der Waals surface area contributed by atoms with Gasteiger partial charge in [-0.25, -0.2) is 4.98 Å². The average molecular weight is 223 g/mol. The summed E-state index contributed by atoms with van der Waals surface area (Å²) in [5, 5.41) is 24.1. The van der Waals surface area contributed by atoms with E-state index in [0.717, 1.165) is 0 Å². The van der Waals surface area contributed by atoms with Gasteiger partial charge in [0.1, 0.15) is 0 Å². The van der Waals surface area contributed by atoms with Crippen LogP contribution < -0.4 is 15.9 Å². The first-order valence-electron chi connectivity index (χ1n) is 4.74. The topological polar surface area (TPSA) is 88.3 Å². The lowest BCUT2D eigenvalue weighted by Crippen LogP contribution is -2.29. The molecule has 0 aliphatic heterocycles. The largest absolute Gasteiger partial charge is 0.502 e. The second-order valence-corrected chi connectivity index (χ2v) is 3.04. The summed E-state index contributed by atoms with van der Waals surface area (Å²) in [6, 6.07) is 0. The molecule has 0 saturated carbocycles. The zero-order valence-electron chi connectivity index (χ0n) is 9.31. The van der Waals surface area contributed by atoms with Crippen LogP contribution in [0.4, 0.5) is 11.5 Å². The van der Waals surface area contributed by atoms with Crippen molar-refractivity contribution in [3.8, 4) is 5.75 Å². The van der Waals surface area contributed by atoms with Gasteiger partial charge >= 0.3 is 5.69 Å². The molecule has 0 atom stereocenters. The normalized spacial score (nSPS) is 12.9. The molecule has 0 radical (unpaired) electrons. The Hall–Kier alpha value is -2.11. The summed E-state index contributed by atoms with van der Waals surface area (Å²) in [7, 11) is 1.52. The van der Waals surface area contributed by atoms with E-state index < -0.39 is 10.6 Å². The third kappa shape index (κ3) is 1.81. The van der Waals surface area contributed by atoms with E-state index in [0.29, 0.717) is 10.6 Å². The molecule has 0 fully saturated rings. The Morgan fingerprint density at radius 3 is 2.44 bits per heavy atom. The highest BCUT2D eigenvalue weighted by molar-refractivity contribution is 5.64. The standard InChI is InChI=1S/C10H13N3O3/c1-4-6-7(5-2)12-10(11-3)8(9(6)14)13(15)16/h4-5,14H,1-3H3,(H,11,12)/b6-4+,7-5+. The Kier molecular flexibility index (Phi) is 3.44. The van der Waals surface area contributed by atoms with Gasteiger partial charge in [0.05, 0.1) is 10.3 Å². The van der Waals surface area contributed by atoms with Crippen LogP contribution in [0, 0.1) is 10.1 Å². The first-order valence-corrected chi connectivity index (χ1v) is 4.74. The molecule has 0 aromatic carbocycles. The number of rotatable bonds is 2. The first-order chi connectivity index (χ1) is 7.56. The molecular weight excluding hydrogens is 210 g/mol. The Bertz CT molecular complexity index is 537. The Morgan fingerprint density at radius 1 is 1.44 bits per heavy atom. The number of hydrogen-bond acceptors (Lipinski definition) is 5. The summed E-state index contributed by atoms with van der Waals surface area (Å²) in [5.41, 5.74) is -0.402. The summed E-state index contributed by atoms with van der Waals surface area (Å²) in [6.45, 7) is 3.44. The van der Waals surface area contributed by atoms with Crippen molar-refractivity contribution in [2.75, 3.05) is 12.4 Å². The van der Waals surface area contributed by atoms with Crippen LogP contribution in [0.2, 0.25) is 0 Å². The summed E-state index contributed by atoms with van der Waals surface area (Å²) in [4.78, 5) is 14.2. The number of nitrogens with one attached hydrogen (secondary N) is 1. The van der Waals surface area contributed by atoms with Gasteiger partial charge in [-0.1, -0.05) is 12.2 Å². The number of aromatic nitrogens is 1. The van der Waals surface area contributed by atoms with Crippen molar-refractivity contribution in [3.63, 3.8) is 0 Å². The van der Waals surface area contributed by atoms with Gasteiger partial charge in [0.2, 0.25) is 11.6 Å². The second kappa shape index (κ2) is 4.61. The number of nitrogens with zero attached hydrogens (tertiary/aromatic N) is 2. The van der Waals surface area contributed by atoms with Crippen LogP contribution in [0.15, 0.2) is 0 Å². The lowest BCUT2D eigenvalue weighted by molar-refractivity contribution is -0.385. The summed E-state index contributed by atoms with van der Waals surface area (Å²) in [5.74, 6) is -0.304. The van der Waals surface area contributed by atoms with Crippen LogP contribution in [0.3, 0.4) is 0 Å². The molecular formula is C10H13N3O3. The number of aromatic hydroxyl groups is 1. The molecule has 1 rings (SSSR count). The van der Waals surface area contributed by atoms with Crippen LogP contribution in [-0.4, -0.2) is 22.1 Å². The average Bonchev–Trinajstić information content (AvgIpc) is 2.26. The molecule has 0 amide bonds. The van der Waals surface area contributed by atoms with Crippen molar-refractivity contribution in [2.45, 2.75) is 13.8 Å². The van der Waals surface area contributed by atoms with E-state index in [-0.39, 0.29) is 11.6 Å². The lowest BCUT2D eigenvalue weighted by Gasteiger charge is -2.03. The van der Waals surface area contributed by atoms with Crippen molar-refractivity contribution in [1.82, 2.24) is 4.98 Å². The minimum Gasteiger partial charge on any atom is -0.502 e. The maximum absolute atomic E-state index is 10.8. The van der Waals surface area contributed by atoms with Crippen molar-refractivity contribution in [1.29, 1.82) is 0 Å². The van der Waals surface area contributed by atoms with Crippen molar-refractivity contribution < 1.29 is 10.0 Å². The quantitative estimate of drug-likeness (QED) is 0.557. The predicted octanol–water partition coefficient (Wildman–Crippen LogP) is 0.338. The number of hydrogen-bond donors (Lipinski definition) is 2. The fraction of sp³-hybridized carbons (Fsp3) is 0.300. The van der Waals surface area contributed by atoms with Gasteiger partial charge in [0.15, 0.2) is 0 Å². The molecule has 1 heterocycles.